The molecule has 0 atom stereocenters. The van der Waals surface area contributed by atoms with Crippen LogP contribution in [0, 0.1) is 0 Å². The van der Waals surface area contributed by atoms with Crippen LogP contribution >= 0.6 is 0 Å². The molecule has 0 spiro atoms. The van der Waals surface area contributed by atoms with E-state index >= 15 is 0 Å². The monoisotopic (exact) mass is 318 g/mol. The molecule has 7 nitrogen and oxygen atoms in total. The van der Waals surface area contributed by atoms with Crippen LogP contribution in [0.2, 0.25) is 0 Å². The molecule has 4 rings (SSSR count). The first-order valence-electron chi connectivity index (χ1n) is 7.46. The van der Waals surface area contributed by atoms with Crippen molar-refractivity contribution in [3.63, 3.8) is 0 Å². The van der Waals surface area contributed by atoms with Crippen LogP contribution in [0.4, 0.5) is 11.5 Å². The highest BCUT2D eigenvalue weighted by atomic mass is 16.1. The van der Waals surface area contributed by atoms with Gasteiger partial charge in [-0.05, 0) is 30.3 Å². The molecule has 1 amide bonds. The SMILES string of the molecule is O=C(CNc1ncnc2ccccc12)Nc1ccc2cn[nH]c2c1. The first-order chi connectivity index (χ1) is 11.8. The smallest absolute Gasteiger partial charge is 0.243 e. The fourth-order valence-corrected chi connectivity index (χ4v) is 2.53. The van der Waals surface area contributed by atoms with Gasteiger partial charge < -0.3 is 10.6 Å². The lowest BCUT2D eigenvalue weighted by Gasteiger charge is -2.09. The fourth-order valence-electron chi connectivity index (χ4n) is 2.53. The average molecular weight is 318 g/mol. The highest BCUT2D eigenvalue weighted by molar-refractivity contribution is 5.97. The summed E-state index contributed by atoms with van der Waals surface area (Å²) in [5.41, 5.74) is 2.42. The Labute approximate surface area is 137 Å². The zero-order chi connectivity index (χ0) is 16.4. The summed E-state index contributed by atoms with van der Waals surface area (Å²) in [6.45, 7) is 0.113. The molecule has 2 aromatic heterocycles. The van der Waals surface area contributed by atoms with E-state index in [4.69, 9.17) is 0 Å². The van der Waals surface area contributed by atoms with Crippen molar-refractivity contribution in [1.29, 1.82) is 0 Å². The van der Waals surface area contributed by atoms with Gasteiger partial charge in [-0.1, -0.05) is 12.1 Å². The normalized spacial score (nSPS) is 10.8. The highest BCUT2D eigenvalue weighted by Gasteiger charge is 2.07. The first-order valence-corrected chi connectivity index (χ1v) is 7.46. The minimum atomic E-state index is -0.156. The molecule has 0 aliphatic carbocycles. The molecular formula is C17H14N6O. The predicted octanol–water partition coefficient (Wildman–Crippen LogP) is 2.56. The molecule has 24 heavy (non-hydrogen) atoms. The van der Waals surface area contributed by atoms with Gasteiger partial charge in [0.05, 0.1) is 23.8 Å². The van der Waals surface area contributed by atoms with Crippen molar-refractivity contribution >= 4 is 39.2 Å². The Morgan fingerprint density at radius 3 is 3.00 bits per heavy atom. The number of carbonyl (C=O) groups excluding carboxylic acids is 1. The number of nitrogens with zero attached hydrogens (tertiary/aromatic N) is 3. The van der Waals surface area contributed by atoms with Gasteiger partial charge in [-0.25, -0.2) is 9.97 Å². The molecule has 0 saturated heterocycles. The largest absolute Gasteiger partial charge is 0.360 e. The third kappa shape index (κ3) is 2.74. The lowest BCUT2D eigenvalue weighted by atomic mass is 10.2. The molecule has 118 valence electrons. The van der Waals surface area contributed by atoms with Gasteiger partial charge in [-0.15, -0.1) is 0 Å². The summed E-state index contributed by atoms with van der Waals surface area (Å²) >= 11 is 0. The highest BCUT2D eigenvalue weighted by Crippen LogP contribution is 2.19. The Bertz CT molecular complexity index is 1020. The predicted molar refractivity (Wildman–Crippen MR) is 92.8 cm³/mol. The Kier molecular flexibility index (Phi) is 3.51. The van der Waals surface area contributed by atoms with E-state index in [0.29, 0.717) is 11.5 Å². The van der Waals surface area contributed by atoms with Gasteiger partial charge in [0.2, 0.25) is 5.91 Å². The number of aromatic nitrogens is 4. The molecule has 3 N–H and O–H groups in total. The van der Waals surface area contributed by atoms with Crippen molar-refractivity contribution in [2.24, 2.45) is 0 Å². The number of hydrogen-bond donors (Lipinski definition) is 3. The minimum Gasteiger partial charge on any atom is -0.360 e. The van der Waals surface area contributed by atoms with Gasteiger partial charge >= 0.3 is 0 Å². The fraction of sp³-hybridized carbons (Fsp3) is 0.0588. The molecular weight excluding hydrogens is 304 g/mol. The summed E-state index contributed by atoms with van der Waals surface area (Å²) in [5, 5.41) is 14.6. The standard InChI is InChI=1S/C17H14N6O/c24-16(22-12-6-5-11-8-21-23-15(11)7-12)9-18-17-13-3-1-2-4-14(13)19-10-20-17/h1-8,10H,9H2,(H,21,23)(H,22,24)(H,18,19,20). The van der Waals surface area contributed by atoms with Gasteiger partial charge in [0.25, 0.3) is 0 Å². The van der Waals surface area contributed by atoms with E-state index < -0.39 is 0 Å². The van der Waals surface area contributed by atoms with E-state index in [9.17, 15) is 4.79 Å². The van der Waals surface area contributed by atoms with Crippen LogP contribution in [0.5, 0.6) is 0 Å². The summed E-state index contributed by atoms with van der Waals surface area (Å²) in [4.78, 5) is 20.6. The van der Waals surface area contributed by atoms with Gasteiger partial charge in [-0.2, -0.15) is 5.10 Å². The number of anilines is 2. The van der Waals surface area contributed by atoms with Crippen LogP contribution < -0.4 is 10.6 Å². The molecule has 2 aromatic carbocycles. The van der Waals surface area contributed by atoms with E-state index in [1.165, 1.54) is 6.33 Å². The lowest BCUT2D eigenvalue weighted by molar-refractivity contribution is -0.114. The summed E-state index contributed by atoms with van der Waals surface area (Å²) in [5.74, 6) is 0.483. The average Bonchev–Trinajstić information content (AvgIpc) is 3.07. The molecule has 0 fully saturated rings. The third-order valence-electron chi connectivity index (χ3n) is 3.68. The summed E-state index contributed by atoms with van der Waals surface area (Å²) in [6, 6.07) is 13.2. The van der Waals surface area contributed by atoms with Gasteiger partial charge in [0, 0.05) is 16.5 Å². The molecule has 0 bridgehead atoms. The van der Waals surface area contributed by atoms with Crippen LogP contribution in [0.25, 0.3) is 21.8 Å². The number of benzene rings is 2. The number of rotatable bonds is 4. The van der Waals surface area contributed by atoms with Crippen molar-refractivity contribution in [3.8, 4) is 0 Å². The maximum atomic E-state index is 12.2. The van der Waals surface area contributed by atoms with Crippen molar-refractivity contribution in [1.82, 2.24) is 20.2 Å². The summed E-state index contributed by atoms with van der Waals surface area (Å²) in [6.07, 6.45) is 3.22. The van der Waals surface area contributed by atoms with E-state index in [1.807, 2.05) is 42.5 Å². The van der Waals surface area contributed by atoms with Gasteiger partial charge in [-0.3, -0.25) is 9.89 Å². The van der Waals surface area contributed by atoms with Crippen LogP contribution in [-0.4, -0.2) is 32.6 Å². The number of carbonyl (C=O) groups is 1. The van der Waals surface area contributed by atoms with Gasteiger partial charge in [0.15, 0.2) is 0 Å². The molecule has 0 aliphatic rings. The van der Waals surface area contributed by atoms with Crippen LogP contribution in [0.3, 0.4) is 0 Å². The first kappa shape index (κ1) is 14.1. The Morgan fingerprint density at radius 1 is 1.12 bits per heavy atom. The van der Waals surface area contributed by atoms with E-state index in [-0.39, 0.29) is 12.5 Å². The van der Waals surface area contributed by atoms with Crippen molar-refractivity contribution in [2.75, 3.05) is 17.2 Å². The summed E-state index contributed by atoms with van der Waals surface area (Å²) < 4.78 is 0. The van der Waals surface area contributed by atoms with Crippen LogP contribution in [-0.2, 0) is 4.79 Å². The number of para-hydroxylation sites is 1. The van der Waals surface area contributed by atoms with Crippen molar-refractivity contribution in [3.05, 3.63) is 55.0 Å². The number of aromatic amines is 1. The Morgan fingerprint density at radius 2 is 2.04 bits per heavy atom. The molecule has 0 saturated carbocycles. The van der Waals surface area contributed by atoms with E-state index in [0.717, 1.165) is 21.8 Å². The Hall–Kier alpha value is -3.48. The van der Waals surface area contributed by atoms with E-state index in [1.54, 1.807) is 6.20 Å². The van der Waals surface area contributed by atoms with Crippen molar-refractivity contribution < 1.29 is 4.79 Å². The lowest BCUT2D eigenvalue weighted by Crippen LogP contribution is -2.22. The Balaban J connectivity index is 1.46. The zero-order valence-electron chi connectivity index (χ0n) is 12.7. The molecule has 0 aliphatic heterocycles. The topological polar surface area (TPSA) is 95.6 Å². The molecule has 7 heteroatoms. The number of amides is 1. The van der Waals surface area contributed by atoms with Gasteiger partial charge in [0.1, 0.15) is 12.1 Å². The molecule has 4 aromatic rings. The van der Waals surface area contributed by atoms with Crippen LogP contribution in [0.1, 0.15) is 0 Å². The number of hydrogen-bond acceptors (Lipinski definition) is 5. The summed E-state index contributed by atoms with van der Waals surface area (Å²) in [7, 11) is 0. The van der Waals surface area contributed by atoms with Crippen molar-refractivity contribution in [2.45, 2.75) is 0 Å². The number of H-pyrrole nitrogens is 1. The van der Waals surface area contributed by atoms with Crippen LogP contribution in [0.15, 0.2) is 55.0 Å². The second kappa shape index (κ2) is 5.96. The molecule has 0 unspecified atom stereocenters. The minimum absolute atomic E-state index is 0.113. The second-order valence-corrected chi connectivity index (χ2v) is 5.31. The quantitative estimate of drug-likeness (QED) is 0.537. The zero-order valence-corrected chi connectivity index (χ0v) is 12.7. The number of fused-ring (bicyclic) bond motifs is 2. The number of nitrogens with one attached hydrogen (secondary N) is 3. The maximum absolute atomic E-state index is 12.2. The third-order valence-corrected chi connectivity index (χ3v) is 3.68. The second-order valence-electron chi connectivity index (χ2n) is 5.31. The molecule has 2 heterocycles. The molecule has 0 radical (unpaired) electrons. The van der Waals surface area contributed by atoms with E-state index in [2.05, 4.69) is 30.8 Å². The maximum Gasteiger partial charge on any atom is 0.243 e.